The molecule has 0 fully saturated rings. The molecule has 0 unspecified atom stereocenters. The Morgan fingerprint density at radius 3 is 2.65 bits per heavy atom. The van der Waals surface area contributed by atoms with Gasteiger partial charge in [-0.2, -0.15) is 0 Å². The molecule has 90 valence electrons. The monoisotopic (exact) mass is 235 g/mol. The standard InChI is InChI=1S/C12H14FN3O/c1-8-4-5-10(6-11(8)13)17-7-12-15-14-9(2)16(12)3/h4-6H,7H2,1-3H3. The van der Waals surface area contributed by atoms with Crippen LogP contribution < -0.4 is 4.74 Å². The average Bonchev–Trinajstić information content (AvgIpc) is 2.62. The molecule has 4 nitrogen and oxygen atoms in total. The molecule has 0 amide bonds. The van der Waals surface area contributed by atoms with Gasteiger partial charge in [0.1, 0.15) is 24.0 Å². The maximum Gasteiger partial charge on any atom is 0.170 e. The molecule has 1 heterocycles. The lowest BCUT2D eigenvalue weighted by molar-refractivity contribution is 0.289. The van der Waals surface area contributed by atoms with E-state index >= 15 is 0 Å². The van der Waals surface area contributed by atoms with Gasteiger partial charge in [-0.3, -0.25) is 0 Å². The van der Waals surface area contributed by atoms with Crippen molar-refractivity contribution in [2.75, 3.05) is 0 Å². The molecule has 1 aromatic carbocycles. The fraction of sp³-hybridized carbons (Fsp3) is 0.333. The normalized spacial score (nSPS) is 10.6. The summed E-state index contributed by atoms with van der Waals surface area (Å²) in [5.41, 5.74) is 0.604. The summed E-state index contributed by atoms with van der Waals surface area (Å²) in [6, 6.07) is 4.80. The van der Waals surface area contributed by atoms with E-state index < -0.39 is 0 Å². The van der Waals surface area contributed by atoms with E-state index in [2.05, 4.69) is 10.2 Å². The summed E-state index contributed by atoms with van der Waals surface area (Å²) in [6.07, 6.45) is 0. The van der Waals surface area contributed by atoms with Crippen molar-refractivity contribution >= 4 is 0 Å². The largest absolute Gasteiger partial charge is 0.486 e. The minimum absolute atomic E-state index is 0.267. The number of benzene rings is 1. The Hall–Kier alpha value is -1.91. The molecule has 0 saturated heterocycles. The first-order valence-electron chi connectivity index (χ1n) is 5.32. The number of rotatable bonds is 3. The van der Waals surface area contributed by atoms with Crippen molar-refractivity contribution in [2.45, 2.75) is 20.5 Å². The summed E-state index contributed by atoms with van der Waals surface area (Å²) >= 11 is 0. The Kier molecular flexibility index (Phi) is 3.08. The van der Waals surface area contributed by atoms with E-state index in [4.69, 9.17) is 4.74 Å². The molecule has 2 rings (SSSR count). The Bertz CT molecular complexity index is 537. The van der Waals surface area contributed by atoms with E-state index in [0.29, 0.717) is 17.1 Å². The van der Waals surface area contributed by atoms with Crippen LogP contribution in [0.15, 0.2) is 18.2 Å². The zero-order valence-corrected chi connectivity index (χ0v) is 10.1. The van der Waals surface area contributed by atoms with Crippen LogP contribution >= 0.6 is 0 Å². The maximum atomic E-state index is 13.3. The first kappa shape index (κ1) is 11.6. The summed E-state index contributed by atoms with van der Waals surface area (Å²) < 4.78 is 20.6. The fourth-order valence-electron chi connectivity index (χ4n) is 1.39. The molecule has 0 aliphatic rings. The van der Waals surface area contributed by atoms with Gasteiger partial charge in [-0.15, -0.1) is 10.2 Å². The van der Waals surface area contributed by atoms with Crippen molar-refractivity contribution in [2.24, 2.45) is 7.05 Å². The zero-order valence-electron chi connectivity index (χ0n) is 10.1. The quantitative estimate of drug-likeness (QED) is 0.818. The van der Waals surface area contributed by atoms with Gasteiger partial charge in [0, 0.05) is 13.1 Å². The molecule has 2 aromatic rings. The van der Waals surface area contributed by atoms with Gasteiger partial charge in [-0.25, -0.2) is 4.39 Å². The van der Waals surface area contributed by atoms with Crippen LogP contribution in [-0.4, -0.2) is 14.8 Å². The Labute approximate surface area is 99.1 Å². The lowest BCUT2D eigenvalue weighted by Crippen LogP contribution is -2.04. The Balaban J connectivity index is 2.07. The van der Waals surface area contributed by atoms with Crippen molar-refractivity contribution in [3.63, 3.8) is 0 Å². The van der Waals surface area contributed by atoms with E-state index in [1.54, 1.807) is 19.1 Å². The number of hydrogen-bond acceptors (Lipinski definition) is 3. The number of ether oxygens (including phenoxy) is 1. The molecule has 0 aliphatic heterocycles. The molecular formula is C12H14FN3O. The van der Waals surface area contributed by atoms with Crippen molar-refractivity contribution < 1.29 is 9.13 Å². The first-order chi connectivity index (χ1) is 8.08. The first-order valence-corrected chi connectivity index (χ1v) is 5.32. The van der Waals surface area contributed by atoms with Gasteiger partial charge in [0.25, 0.3) is 0 Å². The van der Waals surface area contributed by atoms with E-state index in [1.165, 1.54) is 6.07 Å². The average molecular weight is 235 g/mol. The third kappa shape index (κ3) is 2.43. The van der Waals surface area contributed by atoms with Crippen LogP contribution in [0.25, 0.3) is 0 Å². The number of aryl methyl sites for hydroxylation is 2. The highest BCUT2D eigenvalue weighted by Crippen LogP contribution is 2.16. The molecule has 0 bridgehead atoms. The summed E-state index contributed by atoms with van der Waals surface area (Å²) in [7, 11) is 1.86. The van der Waals surface area contributed by atoms with Crippen molar-refractivity contribution in [1.82, 2.24) is 14.8 Å². The van der Waals surface area contributed by atoms with Gasteiger partial charge in [0.15, 0.2) is 5.82 Å². The molecule has 0 atom stereocenters. The summed E-state index contributed by atoms with van der Waals surface area (Å²) in [5.74, 6) is 1.76. The van der Waals surface area contributed by atoms with Crippen molar-refractivity contribution in [3.05, 3.63) is 41.2 Å². The van der Waals surface area contributed by atoms with E-state index in [-0.39, 0.29) is 12.4 Å². The molecule has 0 spiro atoms. The second-order valence-corrected chi connectivity index (χ2v) is 3.92. The molecular weight excluding hydrogens is 221 g/mol. The molecule has 1 aromatic heterocycles. The van der Waals surface area contributed by atoms with Crippen molar-refractivity contribution in [1.29, 1.82) is 0 Å². The molecule has 17 heavy (non-hydrogen) atoms. The van der Waals surface area contributed by atoms with Gasteiger partial charge < -0.3 is 9.30 Å². The lowest BCUT2D eigenvalue weighted by Gasteiger charge is -2.06. The predicted molar refractivity (Wildman–Crippen MR) is 61.2 cm³/mol. The lowest BCUT2D eigenvalue weighted by atomic mass is 10.2. The van der Waals surface area contributed by atoms with Crippen LogP contribution in [0, 0.1) is 19.7 Å². The van der Waals surface area contributed by atoms with Gasteiger partial charge >= 0.3 is 0 Å². The minimum Gasteiger partial charge on any atom is -0.486 e. The van der Waals surface area contributed by atoms with Crippen LogP contribution in [0.2, 0.25) is 0 Å². The third-order valence-corrected chi connectivity index (χ3v) is 2.69. The van der Waals surface area contributed by atoms with Gasteiger partial charge in [0.2, 0.25) is 0 Å². The molecule has 0 saturated carbocycles. The number of halogens is 1. The van der Waals surface area contributed by atoms with Crippen LogP contribution in [0.4, 0.5) is 4.39 Å². The number of aromatic nitrogens is 3. The maximum absolute atomic E-state index is 13.3. The second kappa shape index (κ2) is 4.53. The predicted octanol–water partition coefficient (Wildman–Crippen LogP) is 2.15. The number of hydrogen-bond donors (Lipinski definition) is 0. The second-order valence-electron chi connectivity index (χ2n) is 3.92. The molecule has 0 radical (unpaired) electrons. The molecule has 0 aliphatic carbocycles. The highest BCUT2D eigenvalue weighted by Gasteiger charge is 2.06. The SMILES string of the molecule is Cc1ccc(OCc2nnc(C)n2C)cc1F. The highest BCUT2D eigenvalue weighted by molar-refractivity contribution is 5.28. The fourth-order valence-corrected chi connectivity index (χ4v) is 1.39. The van der Waals surface area contributed by atoms with Crippen LogP contribution in [0.3, 0.4) is 0 Å². The summed E-state index contributed by atoms with van der Waals surface area (Å²) in [6.45, 7) is 3.85. The summed E-state index contributed by atoms with van der Waals surface area (Å²) in [5, 5.41) is 7.88. The Morgan fingerprint density at radius 2 is 2.06 bits per heavy atom. The minimum atomic E-state index is -0.267. The van der Waals surface area contributed by atoms with Gasteiger partial charge in [0.05, 0.1) is 0 Å². The van der Waals surface area contributed by atoms with E-state index in [0.717, 1.165) is 5.82 Å². The smallest absolute Gasteiger partial charge is 0.170 e. The highest BCUT2D eigenvalue weighted by atomic mass is 19.1. The van der Waals surface area contributed by atoms with E-state index in [9.17, 15) is 4.39 Å². The van der Waals surface area contributed by atoms with E-state index in [1.807, 2.05) is 18.5 Å². The third-order valence-electron chi connectivity index (χ3n) is 2.69. The molecule has 5 heteroatoms. The van der Waals surface area contributed by atoms with Crippen LogP contribution in [0.5, 0.6) is 5.75 Å². The zero-order chi connectivity index (χ0) is 12.4. The van der Waals surface area contributed by atoms with Crippen molar-refractivity contribution in [3.8, 4) is 5.75 Å². The Morgan fingerprint density at radius 1 is 1.29 bits per heavy atom. The molecule has 0 N–H and O–H groups in total. The summed E-state index contributed by atoms with van der Waals surface area (Å²) in [4.78, 5) is 0. The van der Waals surface area contributed by atoms with Crippen LogP contribution in [-0.2, 0) is 13.7 Å². The van der Waals surface area contributed by atoms with Gasteiger partial charge in [-0.1, -0.05) is 6.07 Å². The number of nitrogens with zero attached hydrogens (tertiary/aromatic N) is 3. The van der Waals surface area contributed by atoms with Crippen LogP contribution in [0.1, 0.15) is 17.2 Å². The van der Waals surface area contributed by atoms with Gasteiger partial charge in [-0.05, 0) is 25.5 Å². The topological polar surface area (TPSA) is 39.9 Å².